The Balaban J connectivity index is 2.13. The molecule has 0 N–H and O–H groups in total. The Hall–Kier alpha value is -0.590. The summed E-state index contributed by atoms with van der Waals surface area (Å²) in [5.41, 5.74) is 0.278. The zero-order valence-electron chi connectivity index (χ0n) is 12.9. The molecule has 1 saturated heterocycles. The molecule has 0 amide bonds. The van der Waals surface area contributed by atoms with E-state index in [1.54, 1.807) is 0 Å². The average Bonchev–Trinajstić information content (AvgIpc) is 2.51. The highest BCUT2D eigenvalue weighted by Gasteiger charge is 2.38. The van der Waals surface area contributed by atoms with E-state index in [0.29, 0.717) is 12.5 Å². The number of likely N-dealkylation sites (N-methyl/N-ethyl adjacent to an activating group) is 1. The van der Waals surface area contributed by atoms with Crippen LogP contribution in [-0.2, 0) is 0 Å². The second-order valence-corrected chi connectivity index (χ2v) is 7.00. The largest absolute Gasteiger partial charge is 0.301 e. The van der Waals surface area contributed by atoms with Crippen molar-refractivity contribution in [3.8, 4) is 6.07 Å². The van der Waals surface area contributed by atoms with Crippen LogP contribution in [0.1, 0.15) is 58.8 Å². The third-order valence-corrected chi connectivity index (χ3v) is 5.23. The van der Waals surface area contributed by atoms with E-state index in [2.05, 4.69) is 36.8 Å². The first-order valence-corrected chi connectivity index (χ1v) is 7.88. The molecule has 3 nitrogen and oxygen atoms in total. The van der Waals surface area contributed by atoms with Gasteiger partial charge in [-0.1, -0.05) is 19.3 Å². The lowest BCUT2D eigenvalue weighted by Gasteiger charge is -2.45. The molecule has 0 aromatic carbocycles. The van der Waals surface area contributed by atoms with Crippen molar-refractivity contribution in [2.24, 2.45) is 0 Å². The van der Waals surface area contributed by atoms with E-state index in [1.807, 2.05) is 0 Å². The van der Waals surface area contributed by atoms with Crippen molar-refractivity contribution >= 4 is 0 Å². The minimum absolute atomic E-state index is 0.278. The summed E-state index contributed by atoms with van der Waals surface area (Å²) in [5, 5.41) is 9.06. The van der Waals surface area contributed by atoms with Crippen LogP contribution in [0.2, 0.25) is 0 Å². The second-order valence-electron chi connectivity index (χ2n) is 7.00. The third-order valence-electron chi connectivity index (χ3n) is 5.23. The molecule has 2 aliphatic rings. The summed E-state index contributed by atoms with van der Waals surface area (Å²) < 4.78 is 0. The average molecular weight is 263 g/mol. The monoisotopic (exact) mass is 263 g/mol. The van der Waals surface area contributed by atoms with E-state index < -0.39 is 0 Å². The number of rotatable bonds is 2. The smallest absolute Gasteiger partial charge is 0.0638 e. The maximum Gasteiger partial charge on any atom is 0.0638 e. The molecule has 0 spiro atoms. The van der Waals surface area contributed by atoms with Crippen LogP contribution in [0, 0.1) is 11.3 Å². The summed E-state index contributed by atoms with van der Waals surface area (Å²) in [6.07, 6.45) is 8.76. The van der Waals surface area contributed by atoms with E-state index in [1.165, 1.54) is 38.5 Å². The molecule has 2 rings (SSSR count). The van der Waals surface area contributed by atoms with Crippen LogP contribution in [0.5, 0.6) is 0 Å². The first-order valence-electron chi connectivity index (χ1n) is 7.88. The normalized spacial score (nSPS) is 30.7. The molecule has 1 heterocycles. The van der Waals surface area contributed by atoms with Gasteiger partial charge in [-0.25, -0.2) is 0 Å². The molecule has 1 aliphatic heterocycles. The van der Waals surface area contributed by atoms with Crippen molar-refractivity contribution in [1.29, 1.82) is 5.26 Å². The predicted octanol–water partition coefficient (Wildman–Crippen LogP) is 3.02. The van der Waals surface area contributed by atoms with Gasteiger partial charge in [-0.3, -0.25) is 4.90 Å². The first-order chi connectivity index (χ1) is 9.04. The predicted molar refractivity (Wildman–Crippen MR) is 78.9 cm³/mol. The summed E-state index contributed by atoms with van der Waals surface area (Å²) >= 11 is 0. The lowest BCUT2D eigenvalue weighted by Crippen LogP contribution is -2.52. The van der Waals surface area contributed by atoms with Crippen molar-refractivity contribution in [2.45, 2.75) is 76.4 Å². The molecule has 1 aliphatic carbocycles. The number of nitriles is 1. The topological polar surface area (TPSA) is 30.3 Å². The molecule has 3 heteroatoms. The minimum Gasteiger partial charge on any atom is -0.301 e. The molecular weight excluding hydrogens is 234 g/mol. The Morgan fingerprint density at radius 1 is 1.21 bits per heavy atom. The molecule has 0 aromatic heterocycles. The first kappa shape index (κ1) is 14.8. The van der Waals surface area contributed by atoms with Crippen LogP contribution in [-0.4, -0.2) is 47.6 Å². The van der Waals surface area contributed by atoms with Gasteiger partial charge in [0.2, 0.25) is 0 Å². The molecule has 1 unspecified atom stereocenters. The van der Waals surface area contributed by atoms with E-state index >= 15 is 0 Å². The molecule has 0 aromatic rings. The van der Waals surface area contributed by atoms with Crippen molar-refractivity contribution in [1.82, 2.24) is 9.80 Å². The molecule has 108 valence electrons. The Kier molecular flexibility index (Phi) is 4.86. The van der Waals surface area contributed by atoms with E-state index in [-0.39, 0.29) is 5.54 Å². The van der Waals surface area contributed by atoms with Gasteiger partial charge in [0.1, 0.15) is 0 Å². The number of hydrogen-bond donors (Lipinski definition) is 0. The highest BCUT2D eigenvalue weighted by molar-refractivity contribution is 4.96. The molecule has 0 bridgehead atoms. The van der Waals surface area contributed by atoms with Crippen LogP contribution >= 0.6 is 0 Å². The summed E-state index contributed by atoms with van der Waals surface area (Å²) in [6, 6.07) is 3.54. The van der Waals surface area contributed by atoms with Crippen LogP contribution in [0.4, 0.5) is 0 Å². The van der Waals surface area contributed by atoms with Gasteiger partial charge < -0.3 is 4.90 Å². The van der Waals surface area contributed by atoms with Crippen LogP contribution < -0.4 is 0 Å². The Morgan fingerprint density at radius 3 is 2.53 bits per heavy atom. The lowest BCUT2D eigenvalue weighted by atomic mass is 9.88. The SMILES string of the molecule is CN1CCC(C)(C)N(C2CCCCC2)CC1CC#N. The third kappa shape index (κ3) is 3.49. The summed E-state index contributed by atoms with van der Waals surface area (Å²) in [4.78, 5) is 5.13. The summed E-state index contributed by atoms with van der Waals surface area (Å²) in [5.74, 6) is 0. The van der Waals surface area contributed by atoms with Gasteiger partial charge in [-0.05, 0) is 46.7 Å². The zero-order chi connectivity index (χ0) is 13.9. The van der Waals surface area contributed by atoms with E-state index in [0.717, 1.165) is 19.1 Å². The second kappa shape index (κ2) is 6.24. The van der Waals surface area contributed by atoms with Crippen LogP contribution in [0.25, 0.3) is 0 Å². The van der Waals surface area contributed by atoms with Gasteiger partial charge in [0.25, 0.3) is 0 Å². The van der Waals surface area contributed by atoms with Gasteiger partial charge in [0.05, 0.1) is 12.5 Å². The van der Waals surface area contributed by atoms with E-state index in [9.17, 15) is 0 Å². The Labute approximate surface area is 118 Å². The standard InChI is InChI=1S/C16H29N3/c1-16(2)10-12-18(3)15(9-11-17)13-19(16)14-7-5-4-6-8-14/h14-15H,4-10,12-13H2,1-3H3. The van der Waals surface area contributed by atoms with E-state index in [4.69, 9.17) is 5.26 Å². The quantitative estimate of drug-likeness (QED) is 0.767. The van der Waals surface area contributed by atoms with Crippen molar-refractivity contribution in [2.75, 3.05) is 20.1 Å². The minimum atomic E-state index is 0.278. The van der Waals surface area contributed by atoms with Crippen molar-refractivity contribution < 1.29 is 0 Å². The molecule has 0 radical (unpaired) electrons. The van der Waals surface area contributed by atoms with Crippen molar-refractivity contribution in [3.63, 3.8) is 0 Å². The fourth-order valence-electron chi connectivity index (χ4n) is 3.75. The zero-order valence-corrected chi connectivity index (χ0v) is 12.9. The Bertz CT molecular complexity index is 325. The highest BCUT2D eigenvalue weighted by Crippen LogP contribution is 2.33. The maximum absolute atomic E-state index is 9.06. The summed E-state index contributed by atoms with van der Waals surface area (Å²) in [6.45, 7) is 6.97. The van der Waals surface area contributed by atoms with Crippen LogP contribution in [0.15, 0.2) is 0 Å². The van der Waals surface area contributed by atoms with Gasteiger partial charge in [-0.2, -0.15) is 5.26 Å². The molecular formula is C16H29N3. The highest BCUT2D eigenvalue weighted by atomic mass is 15.3. The number of hydrogen-bond acceptors (Lipinski definition) is 3. The number of nitrogens with zero attached hydrogens (tertiary/aromatic N) is 3. The van der Waals surface area contributed by atoms with Crippen molar-refractivity contribution in [3.05, 3.63) is 0 Å². The molecule has 19 heavy (non-hydrogen) atoms. The molecule has 1 atom stereocenters. The van der Waals surface area contributed by atoms with Gasteiger partial charge in [-0.15, -0.1) is 0 Å². The molecule has 2 fully saturated rings. The Morgan fingerprint density at radius 2 is 1.89 bits per heavy atom. The maximum atomic E-state index is 9.06. The van der Waals surface area contributed by atoms with Crippen LogP contribution in [0.3, 0.4) is 0 Å². The summed E-state index contributed by atoms with van der Waals surface area (Å²) in [7, 11) is 2.18. The van der Waals surface area contributed by atoms with Gasteiger partial charge in [0.15, 0.2) is 0 Å². The lowest BCUT2D eigenvalue weighted by molar-refractivity contribution is 0.0459. The molecule has 1 saturated carbocycles. The van der Waals surface area contributed by atoms with Gasteiger partial charge in [0, 0.05) is 24.2 Å². The fourth-order valence-corrected chi connectivity index (χ4v) is 3.75. The fraction of sp³-hybridized carbons (Fsp3) is 0.938. The van der Waals surface area contributed by atoms with Gasteiger partial charge >= 0.3 is 0 Å².